The lowest BCUT2D eigenvalue weighted by Crippen LogP contribution is -2.43. The lowest BCUT2D eigenvalue weighted by Gasteiger charge is -2.32. The molecular weight excluding hydrogens is 150 g/mol. The van der Waals surface area contributed by atoms with Gasteiger partial charge in [0, 0.05) is 12.1 Å². The molecule has 1 aliphatic heterocycles. The Balaban J connectivity index is 2.17. The third kappa shape index (κ3) is 0.970. The summed E-state index contributed by atoms with van der Waals surface area (Å²) in [5.74, 6) is 0.412. The lowest BCUT2D eigenvalue weighted by molar-refractivity contribution is -0.135. The maximum Gasteiger partial charge on any atom is 0.229 e. The molecule has 2 aliphatic rings. The molecule has 1 heterocycles. The highest BCUT2D eigenvalue weighted by Gasteiger charge is 2.57. The average molecular weight is 167 g/mol. The quantitative estimate of drug-likeness (QED) is 0.538. The summed E-state index contributed by atoms with van der Waals surface area (Å²) < 4.78 is 0. The molecule has 12 heavy (non-hydrogen) atoms. The van der Waals surface area contributed by atoms with E-state index in [1.165, 1.54) is 0 Å². The van der Waals surface area contributed by atoms with E-state index in [9.17, 15) is 4.79 Å². The highest BCUT2D eigenvalue weighted by molar-refractivity contribution is 5.88. The molecule has 1 amide bonds. The summed E-state index contributed by atoms with van der Waals surface area (Å²) in [5.41, 5.74) is 0.149. The highest BCUT2D eigenvalue weighted by Crippen LogP contribution is 2.54. The average Bonchev–Trinajstić information content (AvgIpc) is 2.58. The first-order valence-electron chi connectivity index (χ1n) is 4.78. The number of amides is 1. The van der Waals surface area contributed by atoms with Crippen LogP contribution in [0.5, 0.6) is 0 Å². The molecule has 68 valence electrons. The normalized spacial score (nSPS) is 26.9. The lowest BCUT2D eigenvalue weighted by atomic mass is 10.0. The molecule has 0 atom stereocenters. The first-order chi connectivity index (χ1) is 5.46. The minimum absolute atomic E-state index is 0.0309. The van der Waals surface area contributed by atoms with Gasteiger partial charge in [-0.25, -0.2) is 0 Å². The second-order valence-corrected chi connectivity index (χ2v) is 5.16. The monoisotopic (exact) mass is 167 g/mol. The standard InChI is InChI=1S/C10H17NO/c1-9(2,3)11-7-6-10(4-5-10)8(11)12/h4-7H2,1-3H3. The number of rotatable bonds is 0. The molecule has 0 aromatic heterocycles. The van der Waals surface area contributed by atoms with E-state index >= 15 is 0 Å². The van der Waals surface area contributed by atoms with Gasteiger partial charge in [0.15, 0.2) is 0 Å². The van der Waals surface area contributed by atoms with Gasteiger partial charge in [-0.2, -0.15) is 0 Å². The van der Waals surface area contributed by atoms with Crippen LogP contribution < -0.4 is 0 Å². The van der Waals surface area contributed by atoms with Gasteiger partial charge in [0.25, 0.3) is 0 Å². The van der Waals surface area contributed by atoms with Gasteiger partial charge in [-0.05, 0) is 40.0 Å². The summed E-state index contributed by atoms with van der Waals surface area (Å²) in [6.45, 7) is 7.33. The van der Waals surface area contributed by atoms with E-state index in [1.54, 1.807) is 0 Å². The van der Waals surface area contributed by atoms with Crippen molar-refractivity contribution in [2.24, 2.45) is 5.41 Å². The van der Waals surface area contributed by atoms with Crippen LogP contribution in [-0.4, -0.2) is 22.9 Å². The van der Waals surface area contributed by atoms with Crippen molar-refractivity contribution >= 4 is 5.91 Å². The molecule has 1 saturated carbocycles. The zero-order valence-electron chi connectivity index (χ0n) is 8.18. The number of carbonyl (C=O) groups excluding carboxylic acids is 1. The zero-order valence-corrected chi connectivity index (χ0v) is 8.18. The van der Waals surface area contributed by atoms with Crippen LogP contribution in [0.4, 0.5) is 0 Å². The fraction of sp³-hybridized carbons (Fsp3) is 0.900. The summed E-state index contributed by atoms with van der Waals surface area (Å²) in [6.07, 6.45) is 3.37. The molecular formula is C10H17NO. The SMILES string of the molecule is CC(C)(C)N1CCC2(CC2)C1=O. The predicted molar refractivity (Wildman–Crippen MR) is 47.8 cm³/mol. The Labute approximate surface area is 73.9 Å². The molecule has 1 spiro atoms. The number of hydrogen-bond donors (Lipinski definition) is 0. The smallest absolute Gasteiger partial charge is 0.229 e. The van der Waals surface area contributed by atoms with Crippen LogP contribution in [0, 0.1) is 5.41 Å². The molecule has 0 bridgehead atoms. The predicted octanol–water partition coefficient (Wildman–Crippen LogP) is 1.80. The van der Waals surface area contributed by atoms with Gasteiger partial charge in [0.05, 0.1) is 5.41 Å². The zero-order chi connectivity index (χ0) is 8.98. The largest absolute Gasteiger partial charge is 0.337 e. The Morgan fingerprint density at radius 2 is 1.83 bits per heavy atom. The van der Waals surface area contributed by atoms with Gasteiger partial charge in [0.2, 0.25) is 5.91 Å². The van der Waals surface area contributed by atoms with Crippen LogP contribution in [-0.2, 0) is 4.79 Å². The van der Waals surface area contributed by atoms with Crippen LogP contribution in [0.25, 0.3) is 0 Å². The van der Waals surface area contributed by atoms with Gasteiger partial charge in [-0.1, -0.05) is 0 Å². The van der Waals surface area contributed by atoms with Gasteiger partial charge in [-0.15, -0.1) is 0 Å². The van der Waals surface area contributed by atoms with Gasteiger partial charge < -0.3 is 4.90 Å². The maximum atomic E-state index is 11.9. The topological polar surface area (TPSA) is 20.3 Å². The fourth-order valence-electron chi connectivity index (χ4n) is 2.08. The summed E-state index contributed by atoms with van der Waals surface area (Å²) in [4.78, 5) is 13.9. The number of nitrogens with zero attached hydrogens (tertiary/aromatic N) is 1. The van der Waals surface area contributed by atoms with Crippen molar-refractivity contribution in [3.63, 3.8) is 0 Å². The van der Waals surface area contributed by atoms with Crippen LogP contribution in [0.2, 0.25) is 0 Å². The van der Waals surface area contributed by atoms with Gasteiger partial charge >= 0.3 is 0 Å². The molecule has 1 aliphatic carbocycles. The minimum Gasteiger partial charge on any atom is -0.337 e. The van der Waals surface area contributed by atoms with Crippen LogP contribution in [0.1, 0.15) is 40.0 Å². The van der Waals surface area contributed by atoms with Crippen molar-refractivity contribution < 1.29 is 4.79 Å². The first-order valence-corrected chi connectivity index (χ1v) is 4.78. The van der Waals surface area contributed by atoms with Crippen molar-refractivity contribution in [3.05, 3.63) is 0 Å². The molecule has 0 radical (unpaired) electrons. The van der Waals surface area contributed by atoms with E-state index in [0.29, 0.717) is 5.91 Å². The first kappa shape index (κ1) is 8.09. The van der Waals surface area contributed by atoms with E-state index in [1.807, 2.05) is 4.90 Å². The molecule has 2 nitrogen and oxygen atoms in total. The highest BCUT2D eigenvalue weighted by atomic mass is 16.2. The van der Waals surface area contributed by atoms with Crippen LogP contribution in [0.3, 0.4) is 0 Å². The third-order valence-corrected chi connectivity index (χ3v) is 3.18. The number of likely N-dealkylation sites (tertiary alicyclic amines) is 1. The Morgan fingerprint density at radius 3 is 2.08 bits per heavy atom. The molecule has 0 aromatic carbocycles. The Kier molecular flexibility index (Phi) is 1.37. The molecule has 0 unspecified atom stereocenters. The van der Waals surface area contributed by atoms with Crippen molar-refractivity contribution in [3.8, 4) is 0 Å². The molecule has 2 rings (SSSR count). The minimum atomic E-state index is 0.0309. The molecule has 1 saturated heterocycles. The summed E-state index contributed by atoms with van der Waals surface area (Å²) >= 11 is 0. The Morgan fingerprint density at radius 1 is 1.25 bits per heavy atom. The maximum absolute atomic E-state index is 11.9. The molecule has 0 aromatic rings. The van der Waals surface area contributed by atoms with E-state index in [0.717, 1.165) is 25.8 Å². The second-order valence-electron chi connectivity index (χ2n) is 5.16. The van der Waals surface area contributed by atoms with Crippen molar-refractivity contribution in [2.75, 3.05) is 6.54 Å². The van der Waals surface area contributed by atoms with Crippen LogP contribution in [0.15, 0.2) is 0 Å². The van der Waals surface area contributed by atoms with Crippen molar-refractivity contribution in [1.82, 2.24) is 4.90 Å². The summed E-state index contributed by atoms with van der Waals surface area (Å²) in [7, 11) is 0. The molecule has 0 N–H and O–H groups in total. The van der Waals surface area contributed by atoms with Gasteiger partial charge in [-0.3, -0.25) is 4.79 Å². The van der Waals surface area contributed by atoms with Crippen molar-refractivity contribution in [1.29, 1.82) is 0 Å². The third-order valence-electron chi connectivity index (χ3n) is 3.18. The Hall–Kier alpha value is -0.530. The molecule has 2 heteroatoms. The van der Waals surface area contributed by atoms with Crippen LogP contribution >= 0.6 is 0 Å². The summed E-state index contributed by atoms with van der Waals surface area (Å²) in [6, 6.07) is 0. The number of hydrogen-bond acceptors (Lipinski definition) is 1. The summed E-state index contributed by atoms with van der Waals surface area (Å²) in [5, 5.41) is 0. The van der Waals surface area contributed by atoms with E-state index in [-0.39, 0.29) is 11.0 Å². The molecule has 2 fully saturated rings. The fourth-order valence-corrected chi connectivity index (χ4v) is 2.08. The van der Waals surface area contributed by atoms with E-state index < -0.39 is 0 Å². The number of carbonyl (C=O) groups is 1. The Bertz CT molecular complexity index is 222. The van der Waals surface area contributed by atoms with Gasteiger partial charge in [0.1, 0.15) is 0 Å². The second kappa shape index (κ2) is 2.04. The van der Waals surface area contributed by atoms with Crippen molar-refractivity contribution in [2.45, 2.75) is 45.6 Å². The van der Waals surface area contributed by atoms with E-state index in [2.05, 4.69) is 20.8 Å². The van der Waals surface area contributed by atoms with E-state index in [4.69, 9.17) is 0 Å².